The molecular weight excluding hydrogens is 305 g/mol. The molecule has 0 aliphatic carbocycles. The van der Waals surface area contributed by atoms with Crippen LogP contribution in [0.25, 0.3) is 10.9 Å². The molecule has 2 aromatic rings. The van der Waals surface area contributed by atoms with Crippen molar-refractivity contribution >= 4 is 16.6 Å². The highest BCUT2D eigenvalue weighted by atomic mass is 19.4. The van der Waals surface area contributed by atoms with Crippen LogP contribution in [-0.4, -0.2) is 22.2 Å². The van der Waals surface area contributed by atoms with Gasteiger partial charge in [-0.1, -0.05) is 32.0 Å². The molecule has 0 bridgehead atoms. The summed E-state index contributed by atoms with van der Waals surface area (Å²) in [5, 5.41) is 13.9. The molecule has 2 N–H and O–H groups in total. The van der Waals surface area contributed by atoms with Gasteiger partial charge in [0.15, 0.2) is 0 Å². The third-order valence-electron chi connectivity index (χ3n) is 4.38. The zero-order valence-corrected chi connectivity index (χ0v) is 13.6. The summed E-state index contributed by atoms with van der Waals surface area (Å²) in [4.78, 5) is 3.69. The van der Waals surface area contributed by atoms with E-state index in [0.717, 1.165) is 6.07 Å². The van der Waals surface area contributed by atoms with Crippen molar-refractivity contribution in [3.63, 3.8) is 0 Å². The quantitative estimate of drug-likeness (QED) is 0.872. The van der Waals surface area contributed by atoms with Crippen molar-refractivity contribution in [2.45, 2.75) is 39.5 Å². The Labute approximate surface area is 133 Å². The van der Waals surface area contributed by atoms with E-state index >= 15 is 0 Å². The summed E-state index contributed by atoms with van der Waals surface area (Å²) in [5.74, 6) is 0. The van der Waals surface area contributed by atoms with Gasteiger partial charge in [-0.2, -0.15) is 13.2 Å². The smallest absolute Gasteiger partial charge is 0.390 e. The summed E-state index contributed by atoms with van der Waals surface area (Å²) in [6, 6.07) is 7.70. The van der Waals surface area contributed by atoms with Crippen LogP contribution in [0.2, 0.25) is 0 Å². The van der Waals surface area contributed by atoms with Crippen molar-refractivity contribution in [3.05, 3.63) is 36.0 Å². The number of anilines is 1. The van der Waals surface area contributed by atoms with E-state index in [1.54, 1.807) is 38.1 Å². The maximum absolute atomic E-state index is 13.0. The molecule has 1 heterocycles. The molecule has 23 heavy (non-hydrogen) atoms. The predicted octanol–water partition coefficient (Wildman–Crippen LogP) is 4.46. The Hall–Kier alpha value is -1.82. The van der Waals surface area contributed by atoms with Gasteiger partial charge in [0, 0.05) is 23.0 Å². The molecule has 1 aromatic carbocycles. The minimum Gasteiger partial charge on any atom is -0.390 e. The fourth-order valence-corrected chi connectivity index (χ4v) is 2.00. The van der Waals surface area contributed by atoms with E-state index in [2.05, 4.69) is 10.3 Å². The van der Waals surface area contributed by atoms with Crippen LogP contribution in [0.1, 0.15) is 33.4 Å². The molecule has 1 aromatic heterocycles. The SMILES string of the molecule is CC(C)(O)C(C)(C)CNc1cc(C(F)(F)F)nc2ccccc12. The Balaban J connectivity index is 2.43. The minimum absolute atomic E-state index is 0.283. The minimum atomic E-state index is -4.51. The number of aromatic nitrogens is 1. The summed E-state index contributed by atoms with van der Waals surface area (Å²) in [6.07, 6.45) is -4.51. The molecule has 0 radical (unpaired) electrons. The number of alkyl halides is 3. The Morgan fingerprint density at radius 1 is 1.09 bits per heavy atom. The lowest BCUT2D eigenvalue weighted by Gasteiger charge is -2.37. The number of halogens is 3. The van der Waals surface area contributed by atoms with Crippen LogP contribution in [0.4, 0.5) is 18.9 Å². The number of hydrogen-bond acceptors (Lipinski definition) is 3. The van der Waals surface area contributed by atoms with Crippen LogP contribution in [0.5, 0.6) is 0 Å². The molecular formula is C17H21F3N2O. The van der Waals surface area contributed by atoms with Crippen molar-refractivity contribution in [2.24, 2.45) is 5.41 Å². The van der Waals surface area contributed by atoms with E-state index in [1.165, 1.54) is 0 Å². The zero-order valence-electron chi connectivity index (χ0n) is 13.6. The van der Waals surface area contributed by atoms with E-state index in [1.807, 2.05) is 13.8 Å². The van der Waals surface area contributed by atoms with E-state index in [0.29, 0.717) is 17.6 Å². The van der Waals surface area contributed by atoms with Gasteiger partial charge in [-0.25, -0.2) is 4.98 Å². The third-order valence-corrected chi connectivity index (χ3v) is 4.38. The highest BCUT2D eigenvalue weighted by Crippen LogP contribution is 2.35. The van der Waals surface area contributed by atoms with Crippen molar-refractivity contribution in [1.29, 1.82) is 0 Å². The Morgan fingerprint density at radius 3 is 2.26 bits per heavy atom. The highest BCUT2D eigenvalue weighted by Gasteiger charge is 2.36. The Morgan fingerprint density at radius 2 is 1.70 bits per heavy atom. The molecule has 0 aliphatic rings. The first-order chi connectivity index (χ1) is 10.4. The summed E-state index contributed by atoms with van der Waals surface area (Å²) in [7, 11) is 0. The summed E-state index contributed by atoms with van der Waals surface area (Å²) in [6.45, 7) is 7.39. The van der Waals surface area contributed by atoms with Gasteiger partial charge in [-0.3, -0.25) is 0 Å². The topological polar surface area (TPSA) is 45.1 Å². The Kier molecular flexibility index (Phi) is 4.32. The lowest BCUT2D eigenvalue weighted by atomic mass is 9.77. The fourth-order valence-electron chi connectivity index (χ4n) is 2.00. The van der Waals surface area contributed by atoms with Gasteiger partial charge < -0.3 is 10.4 Å². The molecule has 0 saturated carbocycles. The van der Waals surface area contributed by atoms with Crippen molar-refractivity contribution < 1.29 is 18.3 Å². The van der Waals surface area contributed by atoms with E-state index in [9.17, 15) is 18.3 Å². The number of pyridine rings is 1. The van der Waals surface area contributed by atoms with Crippen LogP contribution in [0.3, 0.4) is 0 Å². The lowest BCUT2D eigenvalue weighted by molar-refractivity contribution is -0.140. The van der Waals surface area contributed by atoms with Gasteiger partial charge in [-0.15, -0.1) is 0 Å². The molecule has 0 atom stereocenters. The molecule has 2 rings (SSSR count). The van der Waals surface area contributed by atoms with Gasteiger partial charge in [0.05, 0.1) is 11.1 Å². The molecule has 126 valence electrons. The molecule has 0 unspecified atom stereocenters. The summed E-state index contributed by atoms with van der Waals surface area (Å²) >= 11 is 0. The number of para-hydroxylation sites is 1. The monoisotopic (exact) mass is 326 g/mol. The van der Waals surface area contributed by atoms with Gasteiger partial charge in [0.25, 0.3) is 0 Å². The first-order valence-electron chi connectivity index (χ1n) is 7.35. The number of aliphatic hydroxyl groups is 1. The molecule has 0 aliphatic heterocycles. The third kappa shape index (κ3) is 3.75. The summed E-state index contributed by atoms with van der Waals surface area (Å²) < 4.78 is 39.1. The first kappa shape index (κ1) is 17.5. The van der Waals surface area contributed by atoms with Crippen LogP contribution >= 0.6 is 0 Å². The van der Waals surface area contributed by atoms with Crippen LogP contribution in [-0.2, 0) is 6.18 Å². The molecule has 3 nitrogen and oxygen atoms in total. The van der Waals surface area contributed by atoms with Crippen LogP contribution in [0, 0.1) is 5.41 Å². The average Bonchev–Trinajstić information content (AvgIpc) is 2.42. The molecule has 0 spiro atoms. The standard InChI is InChI=1S/C17H21F3N2O/c1-15(2,16(3,4)23)10-21-13-9-14(17(18,19)20)22-12-8-6-5-7-11(12)13/h5-9,23H,10H2,1-4H3,(H,21,22). The van der Waals surface area contributed by atoms with Gasteiger partial charge in [-0.05, 0) is 26.0 Å². The van der Waals surface area contributed by atoms with Gasteiger partial charge in [0.1, 0.15) is 5.69 Å². The number of fused-ring (bicyclic) bond motifs is 1. The zero-order chi connectivity index (χ0) is 17.5. The number of hydrogen-bond donors (Lipinski definition) is 2. The number of benzene rings is 1. The second-order valence-electron chi connectivity index (χ2n) is 6.87. The second-order valence-corrected chi connectivity index (χ2v) is 6.87. The number of rotatable bonds is 4. The molecule has 6 heteroatoms. The van der Waals surface area contributed by atoms with E-state index in [4.69, 9.17) is 0 Å². The number of nitrogens with one attached hydrogen (secondary N) is 1. The predicted molar refractivity (Wildman–Crippen MR) is 85.3 cm³/mol. The van der Waals surface area contributed by atoms with E-state index in [-0.39, 0.29) is 5.52 Å². The molecule has 0 amide bonds. The summed E-state index contributed by atoms with van der Waals surface area (Å²) in [5.41, 5.74) is -1.79. The fraction of sp³-hybridized carbons (Fsp3) is 0.471. The largest absolute Gasteiger partial charge is 0.433 e. The van der Waals surface area contributed by atoms with Gasteiger partial charge in [0.2, 0.25) is 0 Å². The van der Waals surface area contributed by atoms with Crippen LogP contribution in [0.15, 0.2) is 30.3 Å². The Bertz CT molecular complexity index is 703. The van der Waals surface area contributed by atoms with Crippen LogP contribution < -0.4 is 5.32 Å². The molecule has 0 saturated heterocycles. The maximum Gasteiger partial charge on any atom is 0.433 e. The maximum atomic E-state index is 13.0. The van der Waals surface area contributed by atoms with Crippen molar-refractivity contribution in [1.82, 2.24) is 4.98 Å². The average molecular weight is 326 g/mol. The first-order valence-corrected chi connectivity index (χ1v) is 7.35. The lowest BCUT2D eigenvalue weighted by Crippen LogP contribution is -2.43. The molecule has 0 fully saturated rings. The number of nitrogens with zero attached hydrogens (tertiary/aromatic N) is 1. The van der Waals surface area contributed by atoms with Crippen molar-refractivity contribution in [3.8, 4) is 0 Å². The van der Waals surface area contributed by atoms with Crippen molar-refractivity contribution in [2.75, 3.05) is 11.9 Å². The second kappa shape index (κ2) is 5.67. The van der Waals surface area contributed by atoms with E-state index < -0.39 is 22.9 Å². The highest BCUT2D eigenvalue weighted by molar-refractivity contribution is 5.91. The normalized spacial score (nSPS) is 13.4. The van der Waals surface area contributed by atoms with Gasteiger partial charge >= 0.3 is 6.18 Å².